The van der Waals surface area contributed by atoms with E-state index in [-0.39, 0.29) is 0 Å². The standard InChI is InChI=1S/C28H31N/c1-2-3-4-5-6-7-21-10-16-27-25(18-21)13-14-26-19-24(15-17-28(26)27)23-11-8-22(20-29)9-12-23/h8-9,11-15,17,19,21H,2-7,10,16,18H2,1H3. The third-order valence-corrected chi connectivity index (χ3v) is 6.60. The zero-order chi connectivity index (χ0) is 20.1. The van der Waals surface area contributed by atoms with Gasteiger partial charge in [0.15, 0.2) is 0 Å². The summed E-state index contributed by atoms with van der Waals surface area (Å²) in [7, 11) is 0. The van der Waals surface area contributed by atoms with Crippen molar-refractivity contribution in [1.82, 2.24) is 0 Å². The van der Waals surface area contributed by atoms with Crippen molar-refractivity contribution in [3.63, 3.8) is 0 Å². The van der Waals surface area contributed by atoms with Crippen molar-refractivity contribution in [1.29, 1.82) is 5.26 Å². The van der Waals surface area contributed by atoms with E-state index in [1.807, 2.05) is 24.3 Å². The second-order valence-corrected chi connectivity index (χ2v) is 8.64. The minimum absolute atomic E-state index is 0.712. The third kappa shape index (κ3) is 4.54. The van der Waals surface area contributed by atoms with Gasteiger partial charge in [0.25, 0.3) is 0 Å². The van der Waals surface area contributed by atoms with Crippen LogP contribution < -0.4 is 0 Å². The van der Waals surface area contributed by atoms with Crippen LogP contribution in [0.2, 0.25) is 0 Å². The molecule has 1 atom stereocenters. The van der Waals surface area contributed by atoms with E-state index in [4.69, 9.17) is 5.26 Å². The van der Waals surface area contributed by atoms with Gasteiger partial charge < -0.3 is 0 Å². The topological polar surface area (TPSA) is 23.8 Å². The molecule has 148 valence electrons. The first-order valence-corrected chi connectivity index (χ1v) is 11.3. The molecule has 0 heterocycles. The van der Waals surface area contributed by atoms with Gasteiger partial charge in [-0.15, -0.1) is 0 Å². The molecule has 3 aromatic rings. The van der Waals surface area contributed by atoms with Crippen molar-refractivity contribution >= 4 is 10.8 Å². The van der Waals surface area contributed by atoms with E-state index < -0.39 is 0 Å². The van der Waals surface area contributed by atoms with Crippen LogP contribution in [0.3, 0.4) is 0 Å². The first-order chi connectivity index (χ1) is 14.3. The Balaban J connectivity index is 1.49. The van der Waals surface area contributed by atoms with Crippen LogP contribution in [0.25, 0.3) is 21.9 Å². The molecule has 1 aliphatic rings. The Morgan fingerprint density at radius 2 is 1.69 bits per heavy atom. The van der Waals surface area contributed by atoms with Gasteiger partial charge in [-0.1, -0.05) is 81.8 Å². The normalized spacial score (nSPS) is 15.8. The smallest absolute Gasteiger partial charge is 0.0991 e. The molecule has 0 aromatic heterocycles. The number of hydrogen-bond donors (Lipinski definition) is 0. The van der Waals surface area contributed by atoms with Crippen molar-refractivity contribution in [2.45, 2.75) is 64.7 Å². The number of nitriles is 1. The van der Waals surface area contributed by atoms with Crippen molar-refractivity contribution in [2.24, 2.45) is 5.92 Å². The Morgan fingerprint density at radius 1 is 0.897 bits per heavy atom. The van der Waals surface area contributed by atoms with Gasteiger partial charge in [0, 0.05) is 0 Å². The van der Waals surface area contributed by atoms with E-state index >= 15 is 0 Å². The zero-order valence-corrected chi connectivity index (χ0v) is 17.6. The van der Waals surface area contributed by atoms with Gasteiger partial charge in [-0.3, -0.25) is 0 Å². The maximum atomic E-state index is 9.00. The lowest BCUT2D eigenvalue weighted by Gasteiger charge is -2.26. The molecule has 1 nitrogen and oxygen atoms in total. The van der Waals surface area contributed by atoms with Crippen LogP contribution >= 0.6 is 0 Å². The van der Waals surface area contributed by atoms with Gasteiger partial charge in [-0.05, 0) is 76.4 Å². The monoisotopic (exact) mass is 381 g/mol. The number of aryl methyl sites for hydroxylation is 1. The number of nitrogens with zero attached hydrogens (tertiary/aromatic N) is 1. The van der Waals surface area contributed by atoms with E-state index in [0.29, 0.717) is 5.56 Å². The molecule has 1 aliphatic carbocycles. The molecule has 0 fully saturated rings. The highest BCUT2D eigenvalue weighted by Crippen LogP contribution is 2.35. The number of unbranched alkanes of at least 4 members (excludes halogenated alkanes) is 4. The van der Waals surface area contributed by atoms with Gasteiger partial charge in [0.05, 0.1) is 11.6 Å². The van der Waals surface area contributed by atoms with Crippen LogP contribution in [-0.2, 0) is 12.8 Å². The van der Waals surface area contributed by atoms with Gasteiger partial charge in [-0.25, -0.2) is 0 Å². The summed E-state index contributed by atoms with van der Waals surface area (Å²) in [5.41, 5.74) is 6.27. The summed E-state index contributed by atoms with van der Waals surface area (Å²) in [6.45, 7) is 2.29. The minimum atomic E-state index is 0.712. The maximum absolute atomic E-state index is 9.00. The fourth-order valence-corrected chi connectivity index (χ4v) is 4.89. The molecule has 0 bridgehead atoms. The Labute approximate surface area is 175 Å². The van der Waals surface area contributed by atoms with Crippen LogP contribution in [0.15, 0.2) is 54.6 Å². The quantitative estimate of drug-likeness (QED) is 0.382. The maximum Gasteiger partial charge on any atom is 0.0991 e. The Morgan fingerprint density at radius 3 is 2.48 bits per heavy atom. The van der Waals surface area contributed by atoms with Crippen molar-refractivity contribution < 1.29 is 0 Å². The molecule has 29 heavy (non-hydrogen) atoms. The highest BCUT2D eigenvalue weighted by molar-refractivity contribution is 5.91. The lowest BCUT2D eigenvalue weighted by atomic mass is 9.79. The Bertz CT molecular complexity index is 1010. The summed E-state index contributed by atoms with van der Waals surface area (Å²) in [4.78, 5) is 0. The van der Waals surface area contributed by atoms with Gasteiger partial charge in [-0.2, -0.15) is 5.26 Å². The van der Waals surface area contributed by atoms with Crippen LogP contribution in [0.4, 0.5) is 0 Å². The summed E-state index contributed by atoms with van der Waals surface area (Å²) in [5.74, 6) is 0.875. The third-order valence-electron chi connectivity index (χ3n) is 6.60. The average Bonchev–Trinajstić information content (AvgIpc) is 2.78. The molecule has 0 N–H and O–H groups in total. The zero-order valence-electron chi connectivity index (χ0n) is 17.6. The Hall–Kier alpha value is -2.59. The molecule has 0 saturated carbocycles. The molecule has 0 aliphatic heterocycles. The summed E-state index contributed by atoms with van der Waals surface area (Å²) in [6, 6.07) is 21.6. The van der Waals surface area contributed by atoms with Gasteiger partial charge in [0.2, 0.25) is 0 Å². The predicted octanol–water partition coefficient (Wildman–Crippen LogP) is 7.84. The largest absolute Gasteiger partial charge is 0.192 e. The van der Waals surface area contributed by atoms with E-state index in [9.17, 15) is 0 Å². The van der Waals surface area contributed by atoms with Crippen molar-refractivity contribution in [2.75, 3.05) is 0 Å². The summed E-state index contributed by atoms with van der Waals surface area (Å²) >= 11 is 0. The lowest BCUT2D eigenvalue weighted by molar-refractivity contribution is 0.406. The minimum Gasteiger partial charge on any atom is -0.192 e. The second-order valence-electron chi connectivity index (χ2n) is 8.64. The molecule has 1 unspecified atom stereocenters. The van der Waals surface area contributed by atoms with Gasteiger partial charge >= 0.3 is 0 Å². The molecule has 0 spiro atoms. The highest BCUT2D eigenvalue weighted by atomic mass is 14.3. The van der Waals surface area contributed by atoms with Crippen LogP contribution in [0.1, 0.15) is 68.6 Å². The first kappa shape index (κ1) is 19.7. The second kappa shape index (κ2) is 9.27. The van der Waals surface area contributed by atoms with Crippen molar-refractivity contribution in [3.05, 3.63) is 71.3 Å². The van der Waals surface area contributed by atoms with Crippen molar-refractivity contribution in [3.8, 4) is 17.2 Å². The van der Waals surface area contributed by atoms with Crippen LogP contribution in [0, 0.1) is 17.2 Å². The van der Waals surface area contributed by atoms with Crippen LogP contribution in [-0.4, -0.2) is 0 Å². The molecule has 0 saturated heterocycles. The van der Waals surface area contributed by atoms with E-state index in [0.717, 1.165) is 5.92 Å². The molecule has 4 rings (SSSR count). The van der Waals surface area contributed by atoms with E-state index in [1.165, 1.54) is 79.7 Å². The fourth-order valence-electron chi connectivity index (χ4n) is 4.89. The van der Waals surface area contributed by atoms with Crippen LogP contribution in [0.5, 0.6) is 0 Å². The van der Waals surface area contributed by atoms with E-state index in [2.05, 4.69) is 43.3 Å². The molecule has 1 heteroatoms. The summed E-state index contributed by atoms with van der Waals surface area (Å²) in [6.07, 6.45) is 12.2. The Kier molecular flexibility index (Phi) is 6.30. The lowest BCUT2D eigenvalue weighted by Crippen LogP contribution is -2.14. The summed E-state index contributed by atoms with van der Waals surface area (Å²) in [5, 5.41) is 11.8. The SMILES string of the molecule is CCCCCCCC1CCc2c(ccc3cc(-c4ccc(C#N)cc4)ccc23)C1. The number of fused-ring (bicyclic) bond motifs is 3. The number of rotatable bonds is 7. The molecular formula is C28H31N. The first-order valence-electron chi connectivity index (χ1n) is 11.3. The number of benzene rings is 3. The predicted molar refractivity (Wildman–Crippen MR) is 123 cm³/mol. The van der Waals surface area contributed by atoms with Gasteiger partial charge in [0.1, 0.15) is 0 Å². The summed E-state index contributed by atoms with van der Waals surface area (Å²) < 4.78 is 0. The molecular weight excluding hydrogens is 350 g/mol. The molecule has 3 aromatic carbocycles. The molecule has 0 radical (unpaired) electrons. The van der Waals surface area contributed by atoms with E-state index in [1.54, 1.807) is 11.1 Å². The highest BCUT2D eigenvalue weighted by Gasteiger charge is 2.20. The molecule has 0 amide bonds. The average molecular weight is 382 g/mol. The number of hydrogen-bond acceptors (Lipinski definition) is 1. The fraction of sp³-hybridized carbons (Fsp3) is 0.393.